The SMILES string of the molecule is CCCCCCCCC(CP(=O)(O)CCC)C(=O)O. The van der Waals surface area contributed by atoms with Crippen LogP contribution in [0.4, 0.5) is 0 Å². The third kappa shape index (κ3) is 10.1. The highest BCUT2D eigenvalue weighted by Crippen LogP contribution is 2.43. The van der Waals surface area contributed by atoms with Gasteiger partial charge in [-0.15, -0.1) is 0 Å². The molecule has 0 rings (SSSR count). The zero-order valence-corrected chi connectivity index (χ0v) is 13.2. The molecule has 0 aliphatic carbocycles. The third-order valence-corrected chi connectivity index (χ3v) is 5.49. The fraction of sp³-hybridized carbons (Fsp3) is 0.929. The highest BCUT2D eigenvalue weighted by Gasteiger charge is 2.27. The molecule has 0 aromatic rings. The highest BCUT2D eigenvalue weighted by molar-refractivity contribution is 7.58. The first-order valence-corrected chi connectivity index (χ1v) is 9.49. The Balaban J connectivity index is 4.00. The second-order valence-corrected chi connectivity index (χ2v) is 7.85. The van der Waals surface area contributed by atoms with Crippen LogP contribution in [0, 0.1) is 5.92 Å². The summed E-state index contributed by atoms with van der Waals surface area (Å²) < 4.78 is 11.8. The van der Waals surface area contributed by atoms with E-state index in [0.717, 1.165) is 19.3 Å². The van der Waals surface area contributed by atoms with Crippen molar-refractivity contribution in [3.63, 3.8) is 0 Å². The number of hydrogen-bond acceptors (Lipinski definition) is 2. The van der Waals surface area contributed by atoms with E-state index in [1.54, 1.807) is 0 Å². The quantitative estimate of drug-likeness (QED) is 0.419. The molecular weight excluding hydrogens is 263 g/mol. The van der Waals surface area contributed by atoms with E-state index in [2.05, 4.69) is 6.92 Å². The van der Waals surface area contributed by atoms with Gasteiger partial charge in [-0.05, 0) is 12.8 Å². The lowest BCUT2D eigenvalue weighted by molar-refractivity contribution is -0.141. The van der Waals surface area contributed by atoms with Gasteiger partial charge in [0.1, 0.15) is 0 Å². The summed E-state index contributed by atoms with van der Waals surface area (Å²) in [6.45, 7) is 4.00. The molecule has 0 aliphatic heterocycles. The molecule has 0 aromatic heterocycles. The maximum Gasteiger partial charge on any atom is 0.307 e. The summed E-state index contributed by atoms with van der Waals surface area (Å²) in [4.78, 5) is 20.8. The number of carbonyl (C=O) groups is 1. The summed E-state index contributed by atoms with van der Waals surface area (Å²) in [5, 5.41) is 9.11. The molecule has 5 heteroatoms. The fourth-order valence-electron chi connectivity index (χ4n) is 2.25. The molecule has 0 heterocycles. The molecule has 0 saturated heterocycles. The second kappa shape index (κ2) is 10.4. The molecule has 0 spiro atoms. The van der Waals surface area contributed by atoms with Crippen LogP contribution in [-0.2, 0) is 9.36 Å². The van der Waals surface area contributed by atoms with Gasteiger partial charge in [-0.1, -0.05) is 52.4 Å². The molecule has 0 amide bonds. The van der Waals surface area contributed by atoms with E-state index in [4.69, 9.17) is 5.11 Å². The Morgan fingerprint density at radius 3 is 2.16 bits per heavy atom. The lowest BCUT2D eigenvalue weighted by Crippen LogP contribution is -2.19. The number of aliphatic carboxylic acids is 1. The Morgan fingerprint density at radius 2 is 1.63 bits per heavy atom. The molecule has 114 valence electrons. The molecule has 19 heavy (non-hydrogen) atoms. The Morgan fingerprint density at radius 1 is 1.05 bits per heavy atom. The largest absolute Gasteiger partial charge is 0.481 e. The Hall–Kier alpha value is -0.340. The molecule has 4 nitrogen and oxygen atoms in total. The lowest BCUT2D eigenvalue weighted by Gasteiger charge is -2.16. The molecule has 2 unspecified atom stereocenters. The topological polar surface area (TPSA) is 74.6 Å². The van der Waals surface area contributed by atoms with Gasteiger partial charge >= 0.3 is 5.97 Å². The van der Waals surface area contributed by atoms with Crippen molar-refractivity contribution in [2.45, 2.75) is 65.2 Å². The van der Waals surface area contributed by atoms with E-state index in [1.165, 1.54) is 19.3 Å². The average molecular weight is 292 g/mol. The number of rotatable bonds is 12. The zero-order valence-electron chi connectivity index (χ0n) is 12.3. The number of unbranched alkanes of at least 4 members (excludes halogenated alkanes) is 5. The van der Waals surface area contributed by atoms with Gasteiger partial charge in [-0.3, -0.25) is 9.36 Å². The maximum absolute atomic E-state index is 11.8. The molecule has 0 radical (unpaired) electrons. The number of carboxylic acids is 1. The normalized spacial score (nSPS) is 15.9. The molecule has 0 aliphatic rings. The first-order valence-electron chi connectivity index (χ1n) is 7.46. The summed E-state index contributed by atoms with van der Waals surface area (Å²) in [6, 6.07) is 0. The van der Waals surface area contributed by atoms with Gasteiger partial charge in [-0.25, -0.2) is 0 Å². The van der Waals surface area contributed by atoms with E-state index in [0.29, 0.717) is 12.8 Å². The highest BCUT2D eigenvalue weighted by atomic mass is 31.2. The monoisotopic (exact) mass is 292 g/mol. The van der Waals surface area contributed by atoms with Crippen molar-refractivity contribution in [1.29, 1.82) is 0 Å². The van der Waals surface area contributed by atoms with Gasteiger partial charge in [-0.2, -0.15) is 0 Å². The van der Waals surface area contributed by atoms with Crippen LogP contribution in [0.15, 0.2) is 0 Å². The first kappa shape index (κ1) is 18.7. The molecule has 0 bridgehead atoms. The zero-order chi connectivity index (χ0) is 14.7. The van der Waals surface area contributed by atoms with Crippen LogP contribution in [0.5, 0.6) is 0 Å². The summed E-state index contributed by atoms with van der Waals surface area (Å²) >= 11 is 0. The van der Waals surface area contributed by atoms with E-state index >= 15 is 0 Å². The minimum atomic E-state index is -3.25. The Bertz CT molecular complexity index is 291. The van der Waals surface area contributed by atoms with Gasteiger partial charge in [0.2, 0.25) is 7.37 Å². The molecule has 0 aromatic carbocycles. The predicted octanol–water partition coefficient (Wildman–Crippen LogP) is 4.12. The summed E-state index contributed by atoms with van der Waals surface area (Å²) in [7, 11) is -3.25. The Kier molecular flexibility index (Phi) is 10.3. The summed E-state index contributed by atoms with van der Waals surface area (Å²) in [6.07, 6.45) is 7.92. The predicted molar refractivity (Wildman–Crippen MR) is 79.0 cm³/mol. The van der Waals surface area contributed by atoms with Crippen molar-refractivity contribution in [3.05, 3.63) is 0 Å². The van der Waals surface area contributed by atoms with Gasteiger partial charge < -0.3 is 10.00 Å². The number of hydrogen-bond donors (Lipinski definition) is 2. The fourth-order valence-corrected chi connectivity index (χ4v) is 4.16. The van der Waals surface area contributed by atoms with Crippen molar-refractivity contribution in [1.82, 2.24) is 0 Å². The van der Waals surface area contributed by atoms with Crippen LogP contribution in [0.2, 0.25) is 0 Å². The van der Waals surface area contributed by atoms with Gasteiger partial charge in [0.15, 0.2) is 0 Å². The molecular formula is C14H29O4P. The molecule has 0 fully saturated rings. The van der Waals surface area contributed by atoms with Crippen LogP contribution >= 0.6 is 7.37 Å². The standard InChI is InChI=1S/C14H29O4P/c1-3-5-6-7-8-9-10-13(14(15)16)12-19(17,18)11-4-2/h13H,3-12H2,1-2H3,(H,15,16)(H,17,18). The van der Waals surface area contributed by atoms with Crippen molar-refractivity contribution in [2.24, 2.45) is 5.92 Å². The first-order chi connectivity index (χ1) is 8.93. The van der Waals surface area contributed by atoms with E-state index in [1.807, 2.05) is 6.92 Å². The van der Waals surface area contributed by atoms with Crippen molar-refractivity contribution in [2.75, 3.05) is 12.3 Å². The van der Waals surface area contributed by atoms with Crippen LogP contribution in [-0.4, -0.2) is 28.3 Å². The third-order valence-electron chi connectivity index (χ3n) is 3.33. The van der Waals surface area contributed by atoms with Gasteiger partial charge in [0.05, 0.1) is 5.92 Å². The van der Waals surface area contributed by atoms with E-state index < -0.39 is 19.3 Å². The van der Waals surface area contributed by atoms with Gasteiger partial charge in [0, 0.05) is 12.3 Å². The van der Waals surface area contributed by atoms with Gasteiger partial charge in [0.25, 0.3) is 0 Å². The summed E-state index contributed by atoms with van der Waals surface area (Å²) in [5.41, 5.74) is 0. The second-order valence-electron chi connectivity index (χ2n) is 5.34. The maximum atomic E-state index is 11.8. The minimum Gasteiger partial charge on any atom is -0.481 e. The van der Waals surface area contributed by atoms with Crippen LogP contribution in [0.25, 0.3) is 0 Å². The van der Waals surface area contributed by atoms with E-state index in [-0.39, 0.29) is 12.3 Å². The van der Waals surface area contributed by atoms with E-state index in [9.17, 15) is 14.3 Å². The molecule has 2 N–H and O–H groups in total. The van der Waals surface area contributed by atoms with Crippen LogP contribution in [0.3, 0.4) is 0 Å². The number of carboxylic acid groups (broad SMARTS) is 1. The molecule has 2 atom stereocenters. The Labute approximate surface area is 117 Å². The molecule has 0 saturated carbocycles. The summed E-state index contributed by atoms with van der Waals surface area (Å²) in [5.74, 6) is -1.59. The van der Waals surface area contributed by atoms with Crippen molar-refractivity contribution in [3.8, 4) is 0 Å². The minimum absolute atomic E-state index is 0.0644. The average Bonchev–Trinajstić information content (AvgIpc) is 2.31. The van der Waals surface area contributed by atoms with Crippen molar-refractivity contribution >= 4 is 13.3 Å². The van der Waals surface area contributed by atoms with Crippen LogP contribution < -0.4 is 0 Å². The smallest absolute Gasteiger partial charge is 0.307 e. The van der Waals surface area contributed by atoms with Crippen molar-refractivity contribution < 1.29 is 19.4 Å². The van der Waals surface area contributed by atoms with Crippen LogP contribution in [0.1, 0.15) is 65.2 Å². The lowest BCUT2D eigenvalue weighted by atomic mass is 10.0.